The van der Waals surface area contributed by atoms with Crippen LogP contribution in [0.4, 0.5) is 5.82 Å². The van der Waals surface area contributed by atoms with Gasteiger partial charge in [0.15, 0.2) is 9.84 Å². The quantitative estimate of drug-likeness (QED) is 0.625. The highest BCUT2D eigenvalue weighted by Gasteiger charge is 2.15. The van der Waals surface area contributed by atoms with Gasteiger partial charge in [-0.15, -0.1) is 0 Å². The molecule has 3 aromatic rings. The lowest BCUT2D eigenvalue weighted by Crippen LogP contribution is -2.23. The van der Waals surface area contributed by atoms with Crippen LogP contribution in [0.2, 0.25) is 10.0 Å². The fraction of sp³-hybridized carbons (Fsp3) is 0.222. The SMILES string of the molecule is CCN(Cc1ccc(Cl)c(Cl)c1)c1ncnc2ccc(S(C)(=O)=O)cc12. The molecule has 0 radical (unpaired) electrons. The number of sulfone groups is 1. The summed E-state index contributed by atoms with van der Waals surface area (Å²) in [6.45, 7) is 3.24. The van der Waals surface area contributed by atoms with E-state index in [1.165, 1.54) is 12.6 Å². The molecule has 0 saturated heterocycles. The van der Waals surface area contributed by atoms with Crippen LogP contribution in [0.25, 0.3) is 10.9 Å². The molecular weight excluding hydrogens is 393 g/mol. The number of aromatic nitrogens is 2. The van der Waals surface area contributed by atoms with Crippen molar-refractivity contribution < 1.29 is 8.42 Å². The van der Waals surface area contributed by atoms with Crippen LogP contribution in [-0.2, 0) is 16.4 Å². The van der Waals surface area contributed by atoms with Crippen LogP contribution in [0.1, 0.15) is 12.5 Å². The van der Waals surface area contributed by atoms with Gasteiger partial charge in [0.1, 0.15) is 12.1 Å². The molecule has 136 valence electrons. The van der Waals surface area contributed by atoms with Crippen LogP contribution in [-0.4, -0.2) is 31.2 Å². The lowest BCUT2D eigenvalue weighted by Gasteiger charge is -2.23. The van der Waals surface area contributed by atoms with E-state index in [1.54, 1.807) is 24.3 Å². The zero-order valence-corrected chi connectivity index (χ0v) is 16.6. The predicted molar refractivity (Wildman–Crippen MR) is 106 cm³/mol. The van der Waals surface area contributed by atoms with Crippen molar-refractivity contribution >= 4 is 49.8 Å². The van der Waals surface area contributed by atoms with E-state index < -0.39 is 9.84 Å². The number of hydrogen-bond acceptors (Lipinski definition) is 5. The van der Waals surface area contributed by atoms with Gasteiger partial charge in [-0.1, -0.05) is 29.3 Å². The minimum absolute atomic E-state index is 0.242. The second-order valence-corrected chi connectivity index (χ2v) is 8.74. The zero-order chi connectivity index (χ0) is 18.9. The Labute approximate surface area is 162 Å². The van der Waals surface area contributed by atoms with E-state index in [1.807, 2.05) is 24.0 Å². The minimum atomic E-state index is -3.32. The average molecular weight is 410 g/mol. The van der Waals surface area contributed by atoms with E-state index >= 15 is 0 Å². The molecule has 0 aliphatic carbocycles. The predicted octanol–water partition coefficient (Wildman–Crippen LogP) is 4.37. The first-order valence-electron chi connectivity index (χ1n) is 7.93. The van der Waals surface area contributed by atoms with Crippen molar-refractivity contribution in [2.45, 2.75) is 18.4 Å². The molecule has 0 amide bonds. The van der Waals surface area contributed by atoms with Crippen molar-refractivity contribution in [3.8, 4) is 0 Å². The number of hydrogen-bond donors (Lipinski definition) is 0. The topological polar surface area (TPSA) is 63.2 Å². The van der Waals surface area contributed by atoms with E-state index in [4.69, 9.17) is 23.2 Å². The van der Waals surface area contributed by atoms with Gasteiger partial charge in [0, 0.05) is 24.7 Å². The fourth-order valence-electron chi connectivity index (χ4n) is 2.70. The molecule has 3 rings (SSSR count). The Bertz CT molecular complexity index is 1070. The maximum absolute atomic E-state index is 11.9. The van der Waals surface area contributed by atoms with E-state index in [0.29, 0.717) is 39.9 Å². The van der Waals surface area contributed by atoms with Crippen LogP contribution in [0, 0.1) is 0 Å². The summed E-state index contributed by atoms with van der Waals surface area (Å²) in [7, 11) is -3.32. The highest BCUT2D eigenvalue weighted by molar-refractivity contribution is 7.90. The first-order chi connectivity index (χ1) is 12.3. The molecular formula is C18H17Cl2N3O2S. The monoisotopic (exact) mass is 409 g/mol. The third kappa shape index (κ3) is 3.92. The lowest BCUT2D eigenvalue weighted by molar-refractivity contribution is 0.602. The Hall–Kier alpha value is -1.89. The molecule has 1 aromatic heterocycles. The van der Waals surface area contributed by atoms with Gasteiger partial charge in [0.05, 0.1) is 20.5 Å². The van der Waals surface area contributed by atoms with Crippen molar-refractivity contribution in [2.75, 3.05) is 17.7 Å². The Morgan fingerprint density at radius 3 is 2.46 bits per heavy atom. The molecule has 0 aliphatic heterocycles. The molecule has 0 aliphatic rings. The molecule has 0 spiro atoms. The van der Waals surface area contributed by atoms with Crippen molar-refractivity contribution in [3.63, 3.8) is 0 Å². The lowest BCUT2D eigenvalue weighted by atomic mass is 10.2. The van der Waals surface area contributed by atoms with Gasteiger partial charge in [0.25, 0.3) is 0 Å². The Morgan fingerprint density at radius 1 is 1.04 bits per heavy atom. The highest BCUT2D eigenvalue weighted by Crippen LogP contribution is 2.28. The van der Waals surface area contributed by atoms with Gasteiger partial charge >= 0.3 is 0 Å². The zero-order valence-electron chi connectivity index (χ0n) is 14.3. The molecule has 26 heavy (non-hydrogen) atoms. The summed E-state index contributed by atoms with van der Waals surface area (Å²) in [5, 5.41) is 1.69. The number of nitrogens with zero attached hydrogens (tertiary/aromatic N) is 3. The summed E-state index contributed by atoms with van der Waals surface area (Å²) in [5.74, 6) is 0.675. The number of rotatable bonds is 5. The number of fused-ring (bicyclic) bond motifs is 1. The largest absolute Gasteiger partial charge is 0.352 e. The summed E-state index contributed by atoms with van der Waals surface area (Å²) in [4.78, 5) is 10.9. The smallest absolute Gasteiger partial charge is 0.175 e. The van der Waals surface area contributed by atoms with Gasteiger partial charge in [-0.25, -0.2) is 18.4 Å². The molecule has 2 aromatic carbocycles. The van der Waals surface area contributed by atoms with Crippen molar-refractivity contribution in [1.29, 1.82) is 0 Å². The third-order valence-corrected chi connectivity index (χ3v) is 5.90. The molecule has 0 saturated carbocycles. The first kappa shape index (κ1) is 18.9. The first-order valence-corrected chi connectivity index (χ1v) is 10.6. The highest BCUT2D eigenvalue weighted by atomic mass is 35.5. The van der Waals surface area contributed by atoms with Gasteiger partial charge in [-0.3, -0.25) is 0 Å². The second-order valence-electron chi connectivity index (χ2n) is 5.91. The van der Waals surface area contributed by atoms with E-state index in [0.717, 1.165) is 5.56 Å². The van der Waals surface area contributed by atoms with E-state index in [2.05, 4.69) is 9.97 Å². The Morgan fingerprint density at radius 2 is 1.81 bits per heavy atom. The molecule has 0 N–H and O–H groups in total. The van der Waals surface area contributed by atoms with Crippen LogP contribution >= 0.6 is 23.2 Å². The molecule has 5 nitrogen and oxygen atoms in total. The normalized spacial score (nSPS) is 11.7. The summed E-state index contributed by atoms with van der Waals surface area (Å²) in [5.41, 5.74) is 1.67. The second kappa shape index (κ2) is 7.39. The van der Waals surface area contributed by atoms with Gasteiger partial charge < -0.3 is 4.90 Å². The Kier molecular flexibility index (Phi) is 5.37. The van der Waals surface area contributed by atoms with Crippen LogP contribution in [0.5, 0.6) is 0 Å². The number of anilines is 1. The van der Waals surface area contributed by atoms with Crippen molar-refractivity contribution in [2.24, 2.45) is 0 Å². The summed E-state index contributed by atoms with van der Waals surface area (Å²) < 4.78 is 23.8. The maximum Gasteiger partial charge on any atom is 0.175 e. The average Bonchev–Trinajstić information content (AvgIpc) is 2.61. The molecule has 8 heteroatoms. The molecule has 0 atom stereocenters. The summed E-state index contributed by atoms with van der Waals surface area (Å²) in [6, 6.07) is 10.4. The van der Waals surface area contributed by atoms with Crippen LogP contribution < -0.4 is 4.90 Å². The van der Waals surface area contributed by atoms with Crippen molar-refractivity contribution in [3.05, 3.63) is 58.3 Å². The van der Waals surface area contributed by atoms with Gasteiger partial charge in [-0.05, 0) is 42.8 Å². The maximum atomic E-state index is 11.9. The summed E-state index contributed by atoms with van der Waals surface area (Å²) in [6.07, 6.45) is 2.67. The standard InChI is InChI=1S/C18H17Cl2N3O2S/c1-3-23(10-12-4-6-15(19)16(20)8-12)18-14-9-13(26(2,24)25)5-7-17(14)21-11-22-18/h4-9,11H,3,10H2,1-2H3. The number of benzene rings is 2. The molecule has 0 unspecified atom stereocenters. The molecule has 0 bridgehead atoms. The summed E-state index contributed by atoms with van der Waals surface area (Å²) >= 11 is 12.1. The minimum Gasteiger partial charge on any atom is -0.352 e. The van der Waals surface area contributed by atoms with E-state index in [9.17, 15) is 8.42 Å². The number of halogens is 2. The van der Waals surface area contributed by atoms with Crippen LogP contribution in [0.15, 0.2) is 47.6 Å². The van der Waals surface area contributed by atoms with Crippen LogP contribution in [0.3, 0.4) is 0 Å². The molecule has 1 heterocycles. The van der Waals surface area contributed by atoms with Gasteiger partial charge in [0.2, 0.25) is 0 Å². The Balaban J connectivity index is 2.07. The fourth-order valence-corrected chi connectivity index (χ4v) is 3.67. The van der Waals surface area contributed by atoms with Gasteiger partial charge in [-0.2, -0.15) is 0 Å². The molecule has 0 fully saturated rings. The van der Waals surface area contributed by atoms with Crippen molar-refractivity contribution in [1.82, 2.24) is 9.97 Å². The van der Waals surface area contributed by atoms with E-state index in [-0.39, 0.29) is 4.90 Å². The third-order valence-electron chi connectivity index (χ3n) is 4.05.